The van der Waals surface area contributed by atoms with Crippen LogP contribution in [-0.2, 0) is 9.05 Å². The number of hydrogen-bond acceptors (Lipinski definition) is 6. The molecular formula is C7H2ClF2N3O4S. The van der Waals surface area contributed by atoms with Crippen LogP contribution >= 0.6 is 10.7 Å². The van der Waals surface area contributed by atoms with Crippen LogP contribution in [0.2, 0.25) is 0 Å². The molecule has 0 aromatic carbocycles. The third kappa shape index (κ3) is 2.52. The van der Waals surface area contributed by atoms with Gasteiger partial charge in [-0.1, -0.05) is 0 Å². The van der Waals surface area contributed by atoms with Gasteiger partial charge in [-0.05, 0) is 0 Å². The minimum Gasteiger partial charge on any atom is -0.258 e. The van der Waals surface area contributed by atoms with E-state index in [2.05, 4.69) is 4.98 Å². The summed E-state index contributed by atoms with van der Waals surface area (Å²) >= 11 is 0. The molecule has 0 aliphatic carbocycles. The van der Waals surface area contributed by atoms with Crippen LogP contribution in [0.4, 0.5) is 14.5 Å². The van der Waals surface area contributed by atoms with Crippen molar-refractivity contribution in [2.75, 3.05) is 0 Å². The summed E-state index contributed by atoms with van der Waals surface area (Å²) in [4.78, 5) is 11.0. The largest absolute Gasteiger partial charge is 0.310 e. The molecule has 0 radical (unpaired) electrons. The number of alkyl halides is 2. The maximum atomic E-state index is 12.5. The van der Waals surface area contributed by atoms with Crippen molar-refractivity contribution in [3.63, 3.8) is 0 Å². The van der Waals surface area contributed by atoms with Crippen LogP contribution < -0.4 is 0 Å². The van der Waals surface area contributed by atoms with Gasteiger partial charge in [0.1, 0.15) is 17.3 Å². The summed E-state index contributed by atoms with van der Waals surface area (Å²) in [7, 11) is 0.0212. The third-order valence-corrected chi connectivity index (χ3v) is 3.14. The Labute approximate surface area is 103 Å². The smallest absolute Gasteiger partial charge is 0.258 e. The second-order valence-corrected chi connectivity index (χ2v) is 5.35. The number of hydrogen-bond donors (Lipinski definition) is 0. The molecule has 18 heavy (non-hydrogen) atoms. The number of nitro groups is 1. The lowest BCUT2D eigenvalue weighted by molar-refractivity contribution is -0.388. The molecule has 0 spiro atoms. The molecule has 0 N–H and O–H groups in total. The number of aromatic nitrogens is 1. The predicted octanol–water partition coefficient (Wildman–Crippen LogP) is 1.73. The molecular weight excluding hydrogens is 296 g/mol. The lowest BCUT2D eigenvalue weighted by Gasteiger charge is -2.06. The lowest BCUT2D eigenvalue weighted by Crippen LogP contribution is -2.08. The van der Waals surface area contributed by atoms with Crippen LogP contribution in [0.15, 0.2) is 11.1 Å². The average Bonchev–Trinajstić information content (AvgIpc) is 2.25. The summed E-state index contributed by atoms with van der Waals surface area (Å²) in [5, 5.41) is 19.2. The van der Waals surface area contributed by atoms with Gasteiger partial charge >= 0.3 is 5.69 Å². The first kappa shape index (κ1) is 14.2. The van der Waals surface area contributed by atoms with Gasteiger partial charge in [-0.25, -0.2) is 17.2 Å². The minimum absolute atomic E-state index is 0.491. The molecule has 1 heterocycles. The van der Waals surface area contributed by atoms with Gasteiger partial charge in [-0.15, -0.1) is 0 Å². The molecule has 0 fully saturated rings. The summed E-state index contributed by atoms with van der Waals surface area (Å²) in [6, 6.07) is 1.28. The van der Waals surface area contributed by atoms with E-state index in [1.54, 1.807) is 0 Å². The lowest BCUT2D eigenvalue weighted by atomic mass is 10.2. The van der Waals surface area contributed by atoms with E-state index in [1.807, 2.05) is 0 Å². The fraction of sp³-hybridized carbons (Fsp3) is 0.143. The zero-order valence-corrected chi connectivity index (χ0v) is 9.74. The molecule has 0 aliphatic rings. The van der Waals surface area contributed by atoms with Gasteiger partial charge in [0.05, 0.1) is 11.1 Å². The topological polar surface area (TPSA) is 114 Å². The van der Waals surface area contributed by atoms with Crippen molar-refractivity contribution in [1.29, 1.82) is 5.26 Å². The predicted molar refractivity (Wildman–Crippen MR) is 53.6 cm³/mol. The zero-order valence-electron chi connectivity index (χ0n) is 8.17. The van der Waals surface area contributed by atoms with Crippen molar-refractivity contribution in [1.82, 2.24) is 4.98 Å². The molecule has 0 saturated carbocycles. The Kier molecular flexibility index (Phi) is 3.78. The fourth-order valence-electron chi connectivity index (χ4n) is 1.16. The number of halogens is 3. The first-order chi connectivity index (χ1) is 8.20. The Balaban J connectivity index is 3.91. The van der Waals surface area contributed by atoms with Crippen LogP contribution in [0.25, 0.3) is 0 Å². The van der Waals surface area contributed by atoms with Crippen LogP contribution in [-0.4, -0.2) is 18.3 Å². The zero-order chi connectivity index (χ0) is 14.1. The summed E-state index contributed by atoms with van der Waals surface area (Å²) in [6.45, 7) is 0. The minimum atomic E-state index is -4.85. The van der Waals surface area contributed by atoms with E-state index in [1.165, 1.54) is 6.07 Å². The first-order valence-corrected chi connectivity index (χ1v) is 6.31. The molecule has 0 amide bonds. The Morgan fingerprint density at radius 2 is 2.11 bits per heavy atom. The monoisotopic (exact) mass is 297 g/mol. The molecule has 1 aromatic heterocycles. The van der Waals surface area contributed by atoms with E-state index in [0.717, 1.165) is 0 Å². The molecule has 0 saturated heterocycles. The Bertz CT molecular complexity index is 655. The van der Waals surface area contributed by atoms with Gasteiger partial charge in [-0.3, -0.25) is 15.1 Å². The number of rotatable bonds is 3. The quantitative estimate of drug-likeness (QED) is 0.477. The summed E-state index contributed by atoms with van der Waals surface area (Å²) < 4.78 is 47.4. The standard InChI is InChI=1S/C7H2ClF2N3O4S/c8-18(16,17)6-4(7(9)10)12-2-3(1-11)5(6)13(14)15/h2,7H. The van der Waals surface area contributed by atoms with Crippen molar-refractivity contribution < 1.29 is 22.1 Å². The number of nitriles is 1. The molecule has 7 nitrogen and oxygen atoms in total. The molecule has 0 unspecified atom stereocenters. The highest BCUT2D eigenvalue weighted by molar-refractivity contribution is 8.13. The van der Waals surface area contributed by atoms with Crippen molar-refractivity contribution in [3.8, 4) is 6.07 Å². The molecule has 0 bridgehead atoms. The molecule has 0 aliphatic heterocycles. The highest BCUT2D eigenvalue weighted by atomic mass is 35.7. The molecule has 11 heteroatoms. The van der Waals surface area contributed by atoms with Gasteiger partial charge in [0.25, 0.3) is 15.5 Å². The highest BCUT2D eigenvalue weighted by Crippen LogP contribution is 2.36. The fourth-order valence-corrected chi connectivity index (χ4v) is 2.42. The third-order valence-electron chi connectivity index (χ3n) is 1.79. The van der Waals surface area contributed by atoms with E-state index in [0.29, 0.717) is 6.20 Å². The Morgan fingerprint density at radius 1 is 1.56 bits per heavy atom. The molecule has 96 valence electrons. The van der Waals surface area contributed by atoms with Crippen LogP contribution in [0.5, 0.6) is 0 Å². The Morgan fingerprint density at radius 3 is 2.44 bits per heavy atom. The van der Waals surface area contributed by atoms with Crippen LogP contribution in [0.3, 0.4) is 0 Å². The molecule has 0 atom stereocenters. The van der Waals surface area contributed by atoms with Crippen molar-refractivity contribution in [3.05, 3.63) is 27.6 Å². The van der Waals surface area contributed by atoms with Crippen molar-refractivity contribution in [2.24, 2.45) is 0 Å². The summed E-state index contributed by atoms with van der Waals surface area (Å²) in [5.41, 5.74) is -3.45. The van der Waals surface area contributed by atoms with E-state index >= 15 is 0 Å². The molecule has 1 aromatic rings. The highest BCUT2D eigenvalue weighted by Gasteiger charge is 2.35. The number of nitrogens with zero attached hydrogens (tertiary/aromatic N) is 3. The van der Waals surface area contributed by atoms with Gasteiger partial charge in [0.15, 0.2) is 4.90 Å². The number of pyridine rings is 1. The first-order valence-electron chi connectivity index (χ1n) is 4.00. The van der Waals surface area contributed by atoms with Gasteiger partial charge in [0, 0.05) is 10.7 Å². The second kappa shape index (κ2) is 4.79. The van der Waals surface area contributed by atoms with E-state index in [9.17, 15) is 27.3 Å². The van der Waals surface area contributed by atoms with E-state index < -0.39 is 42.2 Å². The van der Waals surface area contributed by atoms with Gasteiger partial charge < -0.3 is 0 Å². The van der Waals surface area contributed by atoms with Crippen molar-refractivity contribution in [2.45, 2.75) is 11.3 Å². The molecule has 1 rings (SSSR count). The van der Waals surface area contributed by atoms with Crippen LogP contribution in [0, 0.1) is 21.4 Å². The maximum Gasteiger partial charge on any atom is 0.310 e. The maximum absolute atomic E-state index is 12.5. The second-order valence-electron chi connectivity index (χ2n) is 2.84. The average molecular weight is 298 g/mol. The normalized spacial score (nSPS) is 11.3. The Hall–Kier alpha value is -1.86. The van der Waals surface area contributed by atoms with E-state index in [4.69, 9.17) is 15.9 Å². The van der Waals surface area contributed by atoms with Crippen LogP contribution in [0.1, 0.15) is 17.7 Å². The van der Waals surface area contributed by atoms with E-state index in [-0.39, 0.29) is 0 Å². The van der Waals surface area contributed by atoms with Gasteiger partial charge in [0.2, 0.25) is 0 Å². The SMILES string of the molecule is N#Cc1cnc(C(F)F)c(S(=O)(=O)Cl)c1[N+](=O)[O-]. The van der Waals surface area contributed by atoms with Gasteiger partial charge in [-0.2, -0.15) is 5.26 Å². The summed E-state index contributed by atoms with van der Waals surface area (Å²) in [6.07, 6.45) is -2.90. The summed E-state index contributed by atoms with van der Waals surface area (Å²) in [5.74, 6) is 0. The van der Waals surface area contributed by atoms with Crippen molar-refractivity contribution >= 4 is 25.4 Å².